The van der Waals surface area contributed by atoms with E-state index in [0.29, 0.717) is 22.7 Å². The average Bonchev–Trinajstić information content (AvgIpc) is 3.27. The number of hydrogen-bond donors (Lipinski definition) is 1. The molecule has 0 saturated heterocycles. The molecular formula is C25H25N5O4. The minimum absolute atomic E-state index is 0.0352. The second-order valence-corrected chi connectivity index (χ2v) is 7.61. The number of ether oxygens (including phenoxy) is 2. The van der Waals surface area contributed by atoms with Crippen LogP contribution in [0.2, 0.25) is 0 Å². The Hall–Kier alpha value is -4.40. The molecule has 4 rings (SSSR count). The van der Waals surface area contributed by atoms with Crippen LogP contribution in [0.5, 0.6) is 11.5 Å². The van der Waals surface area contributed by atoms with E-state index >= 15 is 0 Å². The average molecular weight is 460 g/mol. The summed E-state index contributed by atoms with van der Waals surface area (Å²) in [5.74, 6) is 0.842. The SMILES string of the molecule is COc1ccc(CN(CC(=O)Nc2ccc(OC)cc2)C(=O)Cn2nnc3ccccc32)cc1. The molecule has 1 N–H and O–H groups in total. The molecule has 9 nitrogen and oxygen atoms in total. The number of carbonyl (C=O) groups is 2. The van der Waals surface area contributed by atoms with Crippen molar-refractivity contribution in [3.8, 4) is 11.5 Å². The van der Waals surface area contributed by atoms with Crippen LogP contribution < -0.4 is 14.8 Å². The van der Waals surface area contributed by atoms with Gasteiger partial charge in [-0.2, -0.15) is 0 Å². The fraction of sp³-hybridized carbons (Fsp3) is 0.200. The monoisotopic (exact) mass is 459 g/mol. The minimum Gasteiger partial charge on any atom is -0.497 e. The summed E-state index contributed by atoms with van der Waals surface area (Å²) in [6.07, 6.45) is 0. The van der Waals surface area contributed by atoms with Crippen molar-refractivity contribution >= 4 is 28.5 Å². The number of methoxy groups -OCH3 is 2. The normalized spacial score (nSPS) is 10.6. The third-order valence-electron chi connectivity index (χ3n) is 5.30. The fourth-order valence-corrected chi connectivity index (χ4v) is 3.49. The van der Waals surface area contributed by atoms with E-state index in [1.54, 1.807) is 43.2 Å². The van der Waals surface area contributed by atoms with Crippen LogP contribution in [0.1, 0.15) is 5.56 Å². The molecule has 0 fully saturated rings. The summed E-state index contributed by atoms with van der Waals surface area (Å²) in [6.45, 7) is 0.0987. The Kier molecular flexibility index (Phi) is 7.02. The van der Waals surface area contributed by atoms with Crippen LogP contribution in [-0.2, 0) is 22.7 Å². The van der Waals surface area contributed by atoms with Gasteiger partial charge in [-0.1, -0.05) is 29.5 Å². The summed E-state index contributed by atoms with van der Waals surface area (Å²) in [7, 11) is 3.17. The van der Waals surface area contributed by atoms with E-state index in [9.17, 15) is 9.59 Å². The van der Waals surface area contributed by atoms with Crippen molar-refractivity contribution in [1.29, 1.82) is 0 Å². The van der Waals surface area contributed by atoms with Gasteiger partial charge in [0.1, 0.15) is 30.1 Å². The molecule has 2 amide bonds. The van der Waals surface area contributed by atoms with Crippen molar-refractivity contribution in [3.63, 3.8) is 0 Å². The molecular weight excluding hydrogens is 434 g/mol. The summed E-state index contributed by atoms with van der Waals surface area (Å²) in [5, 5.41) is 11.0. The minimum atomic E-state index is -0.310. The van der Waals surface area contributed by atoms with E-state index in [1.807, 2.05) is 48.5 Å². The highest BCUT2D eigenvalue weighted by Gasteiger charge is 2.20. The number of rotatable bonds is 9. The number of amides is 2. The molecule has 174 valence electrons. The summed E-state index contributed by atoms with van der Waals surface area (Å²) < 4.78 is 11.9. The molecule has 3 aromatic carbocycles. The number of aromatic nitrogens is 3. The summed E-state index contributed by atoms with van der Waals surface area (Å²) in [5.41, 5.74) is 2.94. The Morgan fingerprint density at radius 1 is 0.912 bits per heavy atom. The molecule has 4 aromatic rings. The Balaban J connectivity index is 1.50. The Morgan fingerprint density at radius 3 is 2.24 bits per heavy atom. The zero-order valence-corrected chi connectivity index (χ0v) is 19.0. The third-order valence-corrected chi connectivity index (χ3v) is 5.30. The van der Waals surface area contributed by atoms with E-state index in [2.05, 4.69) is 15.6 Å². The molecule has 0 radical (unpaired) electrons. The van der Waals surface area contributed by atoms with Gasteiger partial charge in [0, 0.05) is 12.2 Å². The third kappa shape index (κ3) is 5.50. The van der Waals surface area contributed by atoms with Crippen LogP contribution in [0.4, 0.5) is 5.69 Å². The van der Waals surface area contributed by atoms with E-state index in [0.717, 1.165) is 11.1 Å². The molecule has 0 aliphatic heterocycles. The number of nitrogens with zero attached hydrogens (tertiary/aromatic N) is 4. The highest BCUT2D eigenvalue weighted by molar-refractivity contribution is 5.94. The molecule has 1 heterocycles. The largest absolute Gasteiger partial charge is 0.497 e. The van der Waals surface area contributed by atoms with Gasteiger partial charge in [0.2, 0.25) is 11.8 Å². The van der Waals surface area contributed by atoms with Gasteiger partial charge < -0.3 is 19.7 Å². The van der Waals surface area contributed by atoms with Crippen molar-refractivity contribution < 1.29 is 19.1 Å². The van der Waals surface area contributed by atoms with Crippen molar-refractivity contribution in [2.45, 2.75) is 13.1 Å². The van der Waals surface area contributed by atoms with Crippen LogP contribution in [0.3, 0.4) is 0 Å². The first-order chi connectivity index (χ1) is 16.6. The molecule has 0 atom stereocenters. The lowest BCUT2D eigenvalue weighted by Gasteiger charge is -2.22. The molecule has 34 heavy (non-hydrogen) atoms. The molecule has 0 aliphatic rings. The maximum absolute atomic E-state index is 13.3. The molecule has 9 heteroatoms. The lowest BCUT2D eigenvalue weighted by Crippen LogP contribution is -2.39. The first kappa shape index (κ1) is 22.8. The first-order valence-electron chi connectivity index (χ1n) is 10.7. The Labute approximate surface area is 196 Å². The number of hydrogen-bond acceptors (Lipinski definition) is 6. The van der Waals surface area contributed by atoms with Gasteiger partial charge in [-0.05, 0) is 54.1 Å². The fourth-order valence-electron chi connectivity index (χ4n) is 3.49. The van der Waals surface area contributed by atoms with E-state index in [4.69, 9.17) is 9.47 Å². The van der Waals surface area contributed by atoms with Gasteiger partial charge in [-0.3, -0.25) is 9.59 Å². The lowest BCUT2D eigenvalue weighted by atomic mass is 10.2. The number of carbonyl (C=O) groups excluding carboxylic acids is 2. The number of fused-ring (bicyclic) bond motifs is 1. The van der Waals surface area contributed by atoms with Gasteiger partial charge in [0.05, 0.1) is 19.7 Å². The quantitative estimate of drug-likeness (QED) is 0.413. The van der Waals surface area contributed by atoms with Crippen LogP contribution >= 0.6 is 0 Å². The maximum atomic E-state index is 13.3. The predicted molar refractivity (Wildman–Crippen MR) is 128 cm³/mol. The summed E-state index contributed by atoms with van der Waals surface area (Å²) in [4.78, 5) is 27.6. The molecule has 1 aromatic heterocycles. The van der Waals surface area contributed by atoms with E-state index < -0.39 is 0 Å². The first-order valence-corrected chi connectivity index (χ1v) is 10.7. The molecule has 0 saturated carbocycles. The van der Waals surface area contributed by atoms with Crippen molar-refractivity contribution in [2.75, 3.05) is 26.1 Å². The Bertz CT molecular complexity index is 1270. The predicted octanol–water partition coefficient (Wildman–Crippen LogP) is 3.12. The van der Waals surface area contributed by atoms with Gasteiger partial charge in [0.15, 0.2) is 0 Å². The van der Waals surface area contributed by atoms with Crippen LogP contribution in [0.15, 0.2) is 72.8 Å². The van der Waals surface area contributed by atoms with Gasteiger partial charge >= 0.3 is 0 Å². The molecule has 0 aliphatic carbocycles. The standard InChI is InChI=1S/C25H25N5O4/c1-33-20-11-7-18(8-12-20)15-29(16-24(31)26-19-9-13-21(34-2)14-10-19)25(32)17-30-23-6-4-3-5-22(23)27-28-30/h3-14H,15-17H2,1-2H3,(H,26,31). The molecule has 0 unspecified atom stereocenters. The zero-order valence-electron chi connectivity index (χ0n) is 19.0. The van der Waals surface area contributed by atoms with E-state index in [-0.39, 0.29) is 31.4 Å². The number of para-hydroxylation sites is 1. The second-order valence-electron chi connectivity index (χ2n) is 7.61. The highest BCUT2D eigenvalue weighted by atomic mass is 16.5. The molecule has 0 bridgehead atoms. The van der Waals surface area contributed by atoms with Crippen LogP contribution in [0, 0.1) is 0 Å². The van der Waals surface area contributed by atoms with Crippen LogP contribution in [-0.4, -0.2) is 52.5 Å². The van der Waals surface area contributed by atoms with Gasteiger partial charge in [-0.25, -0.2) is 4.68 Å². The van der Waals surface area contributed by atoms with Crippen molar-refractivity contribution in [2.24, 2.45) is 0 Å². The van der Waals surface area contributed by atoms with E-state index in [1.165, 1.54) is 4.90 Å². The van der Waals surface area contributed by atoms with Crippen molar-refractivity contribution in [1.82, 2.24) is 19.9 Å². The Morgan fingerprint density at radius 2 is 1.56 bits per heavy atom. The lowest BCUT2D eigenvalue weighted by molar-refractivity contribution is -0.136. The highest BCUT2D eigenvalue weighted by Crippen LogP contribution is 2.17. The number of benzene rings is 3. The van der Waals surface area contributed by atoms with Gasteiger partial charge in [0.25, 0.3) is 0 Å². The van der Waals surface area contributed by atoms with Crippen LogP contribution in [0.25, 0.3) is 11.0 Å². The number of nitrogens with one attached hydrogen (secondary N) is 1. The zero-order chi connectivity index (χ0) is 23.9. The second kappa shape index (κ2) is 10.5. The summed E-state index contributed by atoms with van der Waals surface area (Å²) in [6, 6.07) is 21.8. The summed E-state index contributed by atoms with van der Waals surface area (Å²) >= 11 is 0. The van der Waals surface area contributed by atoms with Crippen molar-refractivity contribution in [3.05, 3.63) is 78.4 Å². The number of anilines is 1. The topological polar surface area (TPSA) is 98.6 Å². The van der Waals surface area contributed by atoms with Gasteiger partial charge in [-0.15, -0.1) is 5.10 Å². The maximum Gasteiger partial charge on any atom is 0.245 e. The molecule has 0 spiro atoms. The smallest absolute Gasteiger partial charge is 0.245 e.